The first-order valence-corrected chi connectivity index (χ1v) is 11.8. The quantitative estimate of drug-likeness (QED) is 0.148. The molecule has 0 aromatic heterocycles. The van der Waals surface area contributed by atoms with E-state index in [1.165, 1.54) is 38.5 Å². The van der Waals surface area contributed by atoms with Crippen LogP contribution in [0.4, 0.5) is 0 Å². The molecule has 0 amide bonds. The van der Waals surface area contributed by atoms with E-state index in [4.69, 9.17) is 14.2 Å². The molecule has 0 saturated carbocycles. The molecule has 0 heterocycles. The van der Waals surface area contributed by atoms with E-state index in [0.717, 1.165) is 19.3 Å². The molecule has 0 aliphatic carbocycles. The molecule has 0 unspecified atom stereocenters. The maximum atomic E-state index is 4.89. The molecule has 0 rings (SSSR count). The summed E-state index contributed by atoms with van der Waals surface area (Å²) < 4.78 is 15.4. The molecule has 0 fully saturated rings. The normalized spacial score (nSPS) is 8.38. The fourth-order valence-electron chi connectivity index (χ4n) is 1.52. The summed E-state index contributed by atoms with van der Waals surface area (Å²) in [5, 5.41) is 0. The van der Waals surface area contributed by atoms with E-state index in [1.54, 1.807) is 0 Å². The van der Waals surface area contributed by atoms with Crippen LogP contribution in [-0.4, -0.2) is 33.0 Å². The third-order valence-corrected chi connectivity index (χ3v) is 3.61. The molecule has 0 aromatic carbocycles. The van der Waals surface area contributed by atoms with Crippen LogP contribution in [0, 0.1) is 0 Å². The minimum atomic E-state index is 0. The first kappa shape index (κ1) is 41.7. The van der Waals surface area contributed by atoms with E-state index < -0.39 is 0 Å². The zero-order chi connectivity index (χ0) is 21.3. The first-order chi connectivity index (χ1) is 12.8. The Kier molecular flexibility index (Phi) is 54.3. The standard InChI is InChI=1S/3C6H12OS2.Co.K/c3*1-2-3-4-5-7-6(8)9;;/h3*2-5H2,1H3,(H,8,9);;/q;;;+2;+1/p-3. The van der Waals surface area contributed by atoms with Gasteiger partial charge in [0.15, 0.2) is 0 Å². The summed E-state index contributed by atoms with van der Waals surface area (Å²) in [6.07, 6.45) is 10.4. The average molecular weight is 588 g/mol. The molecule has 11 heteroatoms. The number of hydrogen-bond acceptors (Lipinski definition) is 9. The van der Waals surface area contributed by atoms with Crippen molar-refractivity contribution in [2.45, 2.75) is 78.6 Å². The Morgan fingerprint density at radius 3 is 0.897 bits per heavy atom. The molecule has 0 aliphatic rings. The topological polar surface area (TPSA) is 27.7 Å². The van der Waals surface area contributed by atoms with E-state index in [2.05, 4.69) is 95.3 Å². The van der Waals surface area contributed by atoms with Crippen LogP contribution in [0.5, 0.6) is 0 Å². The molecular formula is C18H33CoKO3S6. The number of ether oxygens (including phenoxy) is 3. The Hall–Kier alpha value is 2.47. The second kappa shape index (κ2) is 37.8. The Bertz CT molecular complexity index is 314. The van der Waals surface area contributed by atoms with Crippen LogP contribution in [-0.2, 0) is 68.9 Å². The zero-order valence-electron chi connectivity index (χ0n) is 18.0. The molecule has 29 heavy (non-hydrogen) atoms. The number of unbranched alkanes of at least 4 members (excludes halogenated alkanes) is 6. The van der Waals surface area contributed by atoms with Crippen LogP contribution in [0.25, 0.3) is 0 Å². The second-order valence-corrected chi connectivity index (χ2v) is 8.42. The van der Waals surface area contributed by atoms with E-state index in [-0.39, 0.29) is 81.3 Å². The van der Waals surface area contributed by atoms with Crippen molar-refractivity contribution in [1.82, 2.24) is 0 Å². The van der Waals surface area contributed by atoms with Gasteiger partial charge in [-0.15, -0.1) is 0 Å². The summed E-state index contributed by atoms with van der Waals surface area (Å²) in [6.45, 7) is 8.51. The van der Waals surface area contributed by atoms with Crippen LogP contribution in [0.3, 0.4) is 0 Å². The van der Waals surface area contributed by atoms with Crippen LogP contribution >= 0.6 is 36.7 Å². The van der Waals surface area contributed by atoms with Crippen molar-refractivity contribution in [3.8, 4) is 0 Å². The molecule has 3 nitrogen and oxygen atoms in total. The smallest absolute Gasteiger partial charge is 0.514 e. The van der Waals surface area contributed by atoms with Crippen LogP contribution in [0.15, 0.2) is 0 Å². The monoisotopic (exact) mass is 587 g/mol. The predicted molar refractivity (Wildman–Crippen MR) is 136 cm³/mol. The zero-order valence-corrected chi connectivity index (χ0v) is 27.1. The average Bonchev–Trinajstić information content (AvgIpc) is 2.60. The second-order valence-electron chi connectivity index (χ2n) is 5.42. The van der Waals surface area contributed by atoms with Gasteiger partial charge in [0.1, 0.15) is 0 Å². The molecule has 0 atom stereocenters. The Labute approximate surface area is 264 Å². The summed E-state index contributed by atoms with van der Waals surface area (Å²) in [7, 11) is 0. The maximum absolute atomic E-state index is 4.89. The molecule has 0 spiro atoms. The van der Waals surface area contributed by atoms with Crippen molar-refractivity contribution in [3.05, 3.63) is 0 Å². The molecule has 1 radical (unpaired) electrons. The molecule has 0 aliphatic heterocycles. The SMILES string of the molecule is CCCCCOC(=S)[S-].CCCCCOC(=S)[S-].CCCCCOC(=S)[S-].[Co+2].[K+]. The molecule has 0 aromatic rings. The fourth-order valence-corrected chi connectivity index (χ4v) is 2.02. The molecule has 0 saturated heterocycles. The van der Waals surface area contributed by atoms with Gasteiger partial charge in [0.2, 0.25) is 0 Å². The van der Waals surface area contributed by atoms with Crippen molar-refractivity contribution in [2.24, 2.45) is 0 Å². The van der Waals surface area contributed by atoms with Crippen molar-refractivity contribution in [3.63, 3.8) is 0 Å². The molecule has 0 bridgehead atoms. The third kappa shape index (κ3) is 58.9. The number of hydrogen-bond donors (Lipinski definition) is 0. The van der Waals surface area contributed by atoms with Gasteiger partial charge < -0.3 is 88.8 Å². The Balaban J connectivity index is -0.0000000960. The van der Waals surface area contributed by atoms with Crippen molar-refractivity contribution in [1.29, 1.82) is 0 Å². The summed E-state index contributed by atoms with van der Waals surface area (Å²) in [4.78, 5) is 0. The van der Waals surface area contributed by atoms with Gasteiger partial charge >= 0.3 is 68.2 Å². The van der Waals surface area contributed by atoms with Crippen LogP contribution in [0.1, 0.15) is 78.6 Å². The van der Waals surface area contributed by atoms with E-state index in [0.29, 0.717) is 19.8 Å². The summed E-state index contributed by atoms with van der Waals surface area (Å²) in [6, 6.07) is 0. The fraction of sp³-hybridized carbons (Fsp3) is 0.833. The van der Waals surface area contributed by atoms with Crippen molar-refractivity contribution >= 4 is 87.7 Å². The molecule has 169 valence electrons. The van der Waals surface area contributed by atoms with Gasteiger partial charge in [-0.1, -0.05) is 59.3 Å². The van der Waals surface area contributed by atoms with Gasteiger partial charge in [0, 0.05) is 13.1 Å². The van der Waals surface area contributed by atoms with E-state index >= 15 is 0 Å². The van der Waals surface area contributed by atoms with Crippen molar-refractivity contribution < 1.29 is 82.4 Å². The first-order valence-electron chi connectivity index (χ1n) is 9.32. The number of rotatable bonds is 12. The summed E-state index contributed by atoms with van der Waals surface area (Å²) >= 11 is 27.2. The maximum Gasteiger partial charge on any atom is 2.00 e. The van der Waals surface area contributed by atoms with Crippen molar-refractivity contribution in [2.75, 3.05) is 19.8 Å². The summed E-state index contributed by atoms with van der Waals surface area (Å²) in [5.74, 6) is 0. The van der Waals surface area contributed by atoms with E-state index in [9.17, 15) is 0 Å². The van der Waals surface area contributed by atoms with Crippen LogP contribution in [0.2, 0.25) is 0 Å². The van der Waals surface area contributed by atoms with Gasteiger partial charge in [0.05, 0.1) is 19.8 Å². The van der Waals surface area contributed by atoms with Gasteiger partial charge in [0.25, 0.3) is 0 Å². The predicted octanol–water partition coefficient (Wildman–Crippen LogP) is 3.08. The van der Waals surface area contributed by atoms with Gasteiger partial charge in [-0.3, -0.25) is 0 Å². The molecule has 0 N–H and O–H groups in total. The van der Waals surface area contributed by atoms with Gasteiger partial charge in [-0.25, -0.2) is 0 Å². The van der Waals surface area contributed by atoms with Gasteiger partial charge in [-0.2, -0.15) is 0 Å². The minimum absolute atomic E-state index is 0. The largest absolute Gasteiger partial charge is 2.00 e. The van der Waals surface area contributed by atoms with Gasteiger partial charge in [-0.05, 0) is 19.3 Å². The summed E-state index contributed by atoms with van der Waals surface area (Å²) in [5.41, 5.74) is 0. The molecular weight excluding hydrogens is 555 g/mol. The van der Waals surface area contributed by atoms with E-state index in [1.807, 2.05) is 0 Å². The minimum Gasteiger partial charge on any atom is -0.514 e. The Morgan fingerprint density at radius 1 is 0.552 bits per heavy atom. The van der Waals surface area contributed by atoms with Crippen LogP contribution < -0.4 is 51.4 Å². The third-order valence-electron chi connectivity index (χ3n) is 2.90. The Morgan fingerprint density at radius 2 is 0.759 bits per heavy atom. The number of thiocarbonyl (C=S) groups is 3.